The van der Waals surface area contributed by atoms with Crippen molar-refractivity contribution in [3.8, 4) is 11.5 Å². The van der Waals surface area contributed by atoms with Gasteiger partial charge in [-0.05, 0) is 54.8 Å². The van der Waals surface area contributed by atoms with Crippen LogP contribution in [0.4, 0.5) is 0 Å². The molecule has 0 aliphatic carbocycles. The third-order valence-electron chi connectivity index (χ3n) is 4.55. The molecule has 0 N–H and O–H groups in total. The number of aryl methyl sites for hydroxylation is 1. The lowest BCUT2D eigenvalue weighted by molar-refractivity contribution is 0.0374. The number of benzene rings is 2. The van der Waals surface area contributed by atoms with Crippen molar-refractivity contribution in [2.75, 3.05) is 40.0 Å². The Morgan fingerprint density at radius 2 is 1.88 bits per heavy atom. The molecule has 0 radical (unpaired) electrons. The van der Waals surface area contributed by atoms with Crippen LogP contribution in [-0.4, -0.2) is 44.9 Å². The van der Waals surface area contributed by atoms with Gasteiger partial charge in [-0.3, -0.25) is 4.90 Å². The van der Waals surface area contributed by atoms with Gasteiger partial charge in [0.2, 0.25) is 0 Å². The number of hydrogen-bond acceptors (Lipinski definition) is 4. The fourth-order valence-corrected chi connectivity index (χ4v) is 3.56. The van der Waals surface area contributed by atoms with Gasteiger partial charge in [0.1, 0.15) is 6.61 Å². The zero-order valence-corrected chi connectivity index (χ0v) is 16.8. The van der Waals surface area contributed by atoms with Crippen LogP contribution < -0.4 is 9.47 Å². The second-order valence-electron chi connectivity index (χ2n) is 6.46. The molecule has 4 nitrogen and oxygen atoms in total. The highest BCUT2D eigenvalue weighted by molar-refractivity contribution is 9.10. The Kier molecular flexibility index (Phi) is 7.35. The molecule has 140 valence electrons. The molecule has 0 amide bonds. The van der Waals surface area contributed by atoms with E-state index in [2.05, 4.69) is 45.1 Å². The van der Waals surface area contributed by atoms with Gasteiger partial charge >= 0.3 is 0 Å². The Labute approximate surface area is 164 Å². The van der Waals surface area contributed by atoms with Crippen molar-refractivity contribution in [1.82, 2.24) is 4.90 Å². The Morgan fingerprint density at radius 1 is 1.04 bits per heavy atom. The molecule has 1 aliphatic heterocycles. The largest absolute Gasteiger partial charge is 0.493 e. The summed E-state index contributed by atoms with van der Waals surface area (Å²) in [7, 11) is 1.68. The van der Waals surface area contributed by atoms with E-state index >= 15 is 0 Å². The lowest BCUT2D eigenvalue weighted by Gasteiger charge is -2.26. The van der Waals surface area contributed by atoms with Crippen LogP contribution in [0.15, 0.2) is 46.9 Å². The van der Waals surface area contributed by atoms with Crippen molar-refractivity contribution >= 4 is 15.9 Å². The van der Waals surface area contributed by atoms with Crippen molar-refractivity contribution in [3.63, 3.8) is 0 Å². The molecule has 0 saturated carbocycles. The fourth-order valence-electron chi connectivity index (χ4n) is 3.11. The lowest BCUT2D eigenvalue weighted by atomic mass is 10.1. The van der Waals surface area contributed by atoms with Crippen LogP contribution in [0.25, 0.3) is 0 Å². The van der Waals surface area contributed by atoms with Crippen LogP contribution in [0, 0.1) is 0 Å². The molecule has 1 heterocycles. The maximum Gasteiger partial charge on any atom is 0.161 e. The third-order valence-corrected chi connectivity index (χ3v) is 5.05. The van der Waals surface area contributed by atoms with Crippen LogP contribution >= 0.6 is 15.9 Å². The summed E-state index contributed by atoms with van der Waals surface area (Å²) in [6, 6.07) is 14.4. The molecule has 5 heteroatoms. The minimum Gasteiger partial charge on any atom is -0.493 e. The first kappa shape index (κ1) is 19.2. The lowest BCUT2D eigenvalue weighted by Crippen LogP contribution is -2.36. The summed E-state index contributed by atoms with van der Waals surface area (Å²) in [6.45, 7) is 5.44. The van der Waals surface area contributed by atoms with Crippen LogP contribution in [0.5, 0.6) is 11.5 Å². The van der Waals surface area contributed by atoms with Crippen LogP contribution in [-0.2, 0) is 17.8 Å². The maximum absolute atomic E-state index is 6.03. The van der Waals surface area contributed by atoms with Gasteiger partial charge in [0, 0.05) is 17.6 Å². The Morgan fingerprint density at radius 3 is 2.65 bits per heavy atom. The van der Waals surface area contributed by atoms with E-state index in [1.165, 1.54) is 5.56 Å². The minimum absolute atomic E-state index is 0.521. The van der Waals surface area contributed by atoms with Crippen LogP contribution in [0.3, 0.4) is 0 Å². The van der Waals surface area contributed by atoms with E-state index in [0.29, 0.717) is 6.61 Å². The molecule has 2 aromatic carbocycles. The molecule has 2 aromatic rings. The zero-order chi connectivity index (χ0) is 18.2. The molecule has 26 heavy (non-hydrogen) atoms. The summed E-state index contributed by atoms with van der Waals surface area (Å²) in [4.78, 5) is 2.47. The molecule has 1 fully saturated rings. The van der Waals surface area contributed by atoms with Gasteiger partial charge in [0.15, 0.2) is 11.5 Å². The standard InChI is InChI=1S/C21H26BrNO3/c1-24-20-8-7-17(5-3-9-23-10-12-25-13-11-23)15-21(20)26-16-18-4-2-6-19(22)14-18/h2,4,6-8,14-15H,3,5,9-13,16H2,1H3. The first-order valence-electron chi connectivity index (χ1n) is 9.09. The molecular weight excluding hydrogens is 394 g/mol. The predicted molar refractivity (Wildman–Crippen MR) is 107 cm³/mol. The second-order valence-corrected chi connectivity index (χ2v) is 7.38. The summed E-state index contributed by atoms with van der Waals surface area (Å²) in [5, 5.41) is 0. The number of nitrogens with zero attached hydrogens (tertiary/aromatic N) is 1. The normalized spacial score (nSPS) is 15.0. The highest BCUT2D eigenvalue weighted by Gasteiger charge is 2.11. The molecule has 0 spiro atoms. The van der Waals surface area contributed by atoms with Gasteiger partial charge < -0.3 is 14.2 Å². The van der Waals surface area contributed by atoms with E-state index in [-0.39, 0.29) is 0 Å². The monoisotopic (exact) mass is 419 g/mol. The number of hydrogen-bond donors (Lipinski definition) is 0. The average Bonchev–Trinajstić information content (AvgIpc) is 2.67. The third kappa shape index (κ3) is 5.73. The Balaban J connectivity index is 1.56. The summed E-state index contributed by atoms with van der Waals surface area (Å²) in [5.74, 6) is 1.58. The number of morpholine rings is 1. The van der Waals surface area contributed by atoms with E-state index in [1.54, 1.807) is 7.11 Å². The van der Waals surface area contributed by atoms with E-state index in [9.17, 15) is 0 Å². The maximum atomic E-state index is 6.03. The summed E-state index contributed by atoms with van der Waals surface area (Å²) in [6.07, 6.45) is 2.17. The van der Waals surface area contributed by atoms with Crippen molar-refractivity contribution in [2.45, 2.75) is 19.4 Å². The van der Waals surface area contributed by atoms with Gasteiger partial charge in [-0.2, -0.15) is 0 Å². The van der Waals surface area contributed by atoms with Crippen LogP contribution in [0.2, 0.25) is 0 Å². The SMILES string of the molecule is COc1ccc(CCCN2CCOCC2)cc1OCc1cccc(Br)c1. The summed E-state index contributed by atoms with van der Waals surface area (Å²) >= 11 is 3.50. The van der Waals surface area contributed by atoms with E-state index in [4.69, 9.17) is 14.2 Å². The number of methoxy groups -OCH3 is 1. The zero-order valence-electron chi connectivity index (χ0n) is 15.2. The van der Waals surface area contributed by atoms with Gasteiger partial charge in [-0.15, -0.1) is 0 Å². The summed E-state index contributed by atoms with van der Waals surface area (Å²) < 4.78 is 17.9. The van der Waals surface area contributed by atoms with Gasteiger partial charge in [0.05, 0.1) is 20.3 Å². The highest BCUT2D eigenvalue weighted by Crippen LogP contribution is 2.29. The number of ether oxygens (including phenoxy) is 3. The molecule has 0 unspecified atom stereocenters. The second kappa shape index (κ2) is 9.95. The van der Waals surface area contributed by atoms with Crippen molar-refractivity contribution in [2.24, 2.45) is 0 Å². The van der Waals surface area contributed by atoms with Gasteiger partial charge in [-0.1, -0.05) is 34.1 Å². The fraction of sp³-hybridized carbons (Fsp3) is 0.429. The van der Waals surface area contributed by atoms with E-state index in [1.807, 2.05) is 18.2 Å². The van der Waals surface area contributed by atoms with E-state index in [0.717, 1.165) is 67.2 Å². The van der Waals surface area contributed by atoms with Gasteiger partial charge in [-0.25, -0.2) is 0 Å². The smallest absolute Gasteiger partial charge is 0.161 e. The Bertz CT molecular complexity index is 701. The van der Waals surface area contributed by atoms with Gasteiger partial charge in [0.25, 0.3) is 0 Å². The molecule has 0 atom stereocenters. The van der Waals surface area contributed by atoms with Crippen LogP contribution in [0.1, 0.15) is 17.5 Å². The molecule has 3 rings (SSSR count). The number of halogens is 1. The highest BCUT2D eigenvalue weighted by atomic mass is 79.9. The first-order valence-corrected chi connectivity index (χ1v) is 9.88. The first-order chi connectivity index (χ1) is 12.7. The van der Waals surface area contributed by atoms with Crippen molar-refractivity contribution in [1.29, 1.82) is 0 Å². The van der Waals surface area contributed by atoms with E-state index < -0.39 is 0 Å². The average molecular weight is 420 g/mol. The molecule has 1 saturated heterocycles. The Hall–Kier alpha value is -1.56. The molecule has 0 aromatic heterocycles. The molecule has 1 aliphatic rings. The molecule has 0 bridgehead atoms. The van der Waals surface area contributed by atoms with Crippen molar-refractivity contribution in [3.05, 3.63) is 58.1 Å². The molecular formula is C21H26BrNO3. The topological polar surface area (TPSA) is 30.9 Å². The quantitative estimate of drug-likeness (QED) is 0.637. The summed E-state index contributed by atoms with van der Waals surface area (Å²) in [5.41, 5.74) is 2.41. The van der Waals surface area contributed by atoms with Crippen molar-refractivity contribution < 1.29 is 14.2 Å². The number of rotatable bonds is 8. The minimum atomic E-state index is 0.521. The predicted octanol–water partition coefficient (Wildman–Crippen LogP) is 4.30.